The Hall–Kier alpha value is -1.75. The number of anilines is 1. The number of hydrogen-bond acceptors (Lipinski definition) is 5. The van der Waals surface area contributed by atoms with Crippen LogP contribution in [0.1, 0.15) is 29.3 Å². The molecular weight excluding hydrogens is 272 g/mol. The molecule has 0 radical (unpaired) electrons. The fourth-order valence-electron chi connectivity index (χ4n) is 2.21. The van der Waals surface area contributed by atoms with E-state index in [0.29, 0.717) is 6.61 Å². The van der Waals surface area contributed by atoms with Gasteiger partial charge < -0.3 is 14.8 Å². The molecule has 1 aliphatic rings. The molecule has 0 fully saturated rings. The highest BCUT2D eigenvalue weighted by Gasteiger charge is 2.23. The first kappa shape index (κ1) is 13.2. The van der Waals surface area contributed by atoms with Crippen LogP contribution in [0.4, 0.5) is 5.13 Å². The van der Waals surface area contributed by atoms with Gasteiger partial charge in [-0.25, -0.2) is 4.98 Å². The smallest absolute Gasteiger partial charge is 0.182 e. The van der Waals surface area contributed by atoms with Gasteiger partial charge in [-0.15, -0.1) is 11.3 Å². The Morgan fingerprint density at radius 2 is 2.00 bits per heavy atom. The number of nitrogens with one attached hydrogen (secondary N) is 1. The summed E-state index contributed by atoms with van der Waals surface area (Å²) in [5, 5.41) is 6.01. The summed E-state index contributed by atoms with van der Waals surface area (Å²) < 4.78 is 11.9. The standard InChI is InChI=1S/C15H18N2O2S/c1-9-6-13-14(7-10(9)2)19-12(4-5-18-13)11-8-20-15(16-3)17-11/h6-8,12H,4-5H2,1-3H3,(H,16,17). The number of rotatable bonds is 2. The van der Waals surface area contributed by atoms with Crippen LogP contribution >= 0.6 is 11.3 Å². The van der Waals surface area contributed by atoms with Crippen molar-refractivity contribution in [2.45, 2.75) is 26.4 Å². The maximum absolute atomic E-state index is 6.13. The van der Waals surface area contributed by atoms with Crippen LogP contribution in [0.15, 0.2) is 17.5 Å². The molecule has 3 rings (SSSR count). The van der Waals surface area contributed by atoms with Crippen LogP contribution in [0, 0.1) is 13.8 Å². The molecule has 0 saturated heterocycles. The molecule has 5 heteroatoms. The fourth-order valence-corrected chi connectivity index (χ4v) is 2.93. The zero-order valence-corrected chi connectivity index (χ0v) is 12.7. The van der Waals surface area contributed by atoms with Crippen LogP contribution in [0.25, 0.3) is 0 Å². The molecule has 0 bridgehead atoms. The number of aromatic nitrogens is 1. The highest BCUT2D eigenvalue weighted by atomic mass is 32.1. The molecule has 1 unspecified atom stereocenters. The summed E-state index contributed by atoms with van der Waals surface area (Å²) in [6.07, 6.45) is 0.761. The number of fused-ring (bicyclic) bond motifs is 1. The van der Waals surface area contributed by atoms with Gasteiger partial charge in [0.25, 0.3) is 0 Å². The van der Waals surface area contributed by atoms with E-state index in [2.05, 4.69) is 24.1 Å². The van der Waals surface area contributed by atoms with Crippen LogP contribution in [0.3, 0.4) is 0 Å². The van der Waals surface area contributed by atoms with E-state index >= 15 is 0 Å². The van der Waals surface area contributed by atoms with E-state index in [-0.39, 0.29) is 6.10 Å². The number of benzene rings is 1. The van der Waals surface area contributed by atoms with Crippen molar-refractivity contribution in [3.63, 3.8) is 0 Å². The van der Waals surface area contributed by atoms with Crippen LogP contribution < -0.4 is 14.8 Å². The molecule has 1 aromatic carbocycles. The Morgan fingerprint density at radius 3 is 2.70 bits per heavy atom. The van der Waals surface area contributed by atoms with E-state index in [0.717, 1.165) is 28.7 Å². The molecule has 1 aliphatic heterocycles. The lowest BCUT2D eigenvalue weighted by Crippen LogP contribution is -2.09. The van der Waals surface area contributed by atoms with E-state index in [9.17, 15) is 0 Å². The third kappa shape index (κ3) is 2.45. The second-order valence-electron chi connectivity index (χ2n) is 4.95. The maximum atomic E-state index is 6.13. The lowest BCUT2D eigenvalue weighted by atomic mass is 10.1. The summed E-state index contributed by atoms with van der Waals surface area (Å²) in [6, 6.07) is 4.10. The number of nitrogens with zero attached hydrogens (tertiary/aromatic N) is 1. The molecule has 1 atom stereocenters. The van der Waals surface area contributed by atoms with Crippen LogP contribution in [0.5, 0.6) is 11.5 Å². The van der Waals surface area contributed by atoms with Gasteiger partial charge in [0.05, 0.1) is 12.3 Å². The number of hydrogen-bond donors (Lipinski definition) is 1. The molecule has 0 aliphatic carbocycles. The van der Waals surface area contributed by atoms with Gasteiger partial charge in [-0.3, -0.25) is 0 Å². The molecule has 106 valence electrons. The van der Waals surface area contributed by atoms with Crippen molar-refractivity contribution in [2.75, 3.05) is 19.0 Å². The van der Waals surface area contributed by atoms with E-state index in [1.807, 2.05) is 24.6 Å². The minimum Gasteiger partial charge on any atom is -0.490 e. The van der Waals surface area contributed by atoms with Crippen LogP contribution in [0.2, 0.25) is 0 Å². The van der Waals surface area contributed by atoms with Crippen molar-refractivity contribution < 1.29 is 9.47 Å². The molecule has 0 saturated carbocycles. The lowest BCUT2D eigenvalue weighted by molar-refractivity contribution is 0.191. The SMILES string of the molecule is CNc1nc(C2CCOc3cc(C)c(C)cc3O2)cs1. The third-order valence-corrected chi connectivity index (χ3v) is 4.41. The van der Waals surface area contributed by atoms with Crippen molar-refractivity contribution in [1.29, 1.82) is 0 Å². The minimum absolute atomic E-state index is 0.0447. The largest absolute Gasteiger partial charge is 0.490 e. The van der Waals surface area contributed by atoms with Crippen molar-refractivity contribution in [3.05, 3.63) is 34.3 Å². The first-order valence-corrected chi connectivity index (χ1v) is 7.59. The summed E-state index contributed by atoms with van der Waals surface area (Å²) in [4.78, 5) is 4.53. The topological polar surface area (TPSA) is 43.4 Å². The molecule has 0 amide bonds. The number of thiazole rings is 1. The van der Waals surface area contributed by atoms with Crippen LogP contribution in [-0.2, 0) is 0 Å². The zero-order valence-electron chi connectivity index (χ0n) is 11.9. The monoisotopic (exact) mass is 290 g/mol. The van der Waals surface area contributed by atoms with Gasteiger partial charge in [0, 0.05) is 18.8 Å². The number of aryl methyl sites for hydroxylation is 2. The number of ether oxygens (including phenoxy) is 2. The van der Waals surface area contributed by atoms with E-state index < -0.39 is 0 Å². The predicted molar refractivity (Wildman–Crippen MR) is 81.1 cm³/mol. The highest BCUT2D eigenvalue weighted by molar-refractivity contribution is 7.13. The molecule has 0 spiro atoms. The summed E-state index contributed by atoms with van der Waals surface area (Å²) in [5.74, 6) is 1.65. The predicted octanol–water partition coefficient (Wildman–Crippen LogP) is 3.70. The first-order chi connectivity index (χ1) is 9.67. The maximum Gasteiger partial charge on any atom is 0.182 e. The summed E-state index contributed by atoms with van der Waals surface area (Å²) in [6.45, 7) is 4.81. The molecule has 1 aromatic heterocycles. The normalized spacial score (nSPS) is 17.6. The van der Waals surface area contributed by atoms with Gasteiger partial charge >= 0.3 is 0 Å². The van der Waals surface area contributed by atoms with Gasteiger partial charge in [-0.2, -0.15) is 0 Å². The summed E-state index contributed by atoms with van der Waals surface area (Å²) >= 11 is 1.59. The Labute approximate surface area is 122 Å². The van der Waals surface area contributed by atoms with Gasteiger partial charge in [-0.05, 0) is 37.1 Å². The van der Waals surface area contributed by atoms with Crippen molar-refractivity contribution in [1.82, 2.24) is 4.98 Å². The summed E-state index contributed by atoms with van der Waals surface area (Å²) in [7, 11) is 1.88. The Morgan fingerprint density at radius 1 is 1.25 bits per heavy atom. The Bertz CT molecular complexity index is 624. The van der Waals surface area contributed by atoms with Gasteiger partial charge in [0.1, 0.15) is 6.10 Å². The minimum atomic E-state index is -0.0447. The van der Waals surface area contributed by atoms with Crippen molar-refractivity contribution >= 4 is 16.5 Å². The van der Waals surface area contributed by atoms with E-state index in [1.54, 1.807) is 11.3 Å². The zero-order chi connectivity index (χ0) is 14.1. The molecule has 20 heavy (non-hydrogen) atoms. The van der Waals surface area contributed by atoms with Crippen LogP contribution in [-0.4, -0.2) is 18.6 Å². The lowest BCUT2D eigenvalue weighted by Gasteiger charge is -2.15. The molecule has 1 N–H and O–H groups in total. The quantitative estimate of drug-likeness (QED) is 0.915. The third-order valence-electron chi connectivity index (χ3n) is 3.53. The molecule has 2 aromatic rings. The van der Waals surface area contributed by atoms with E-state index in [4.69, 9.17) is 9.47 Å². The Kier molecular flexibility index (Phi) is 3.53. The molecule has 2 heterocycles. The Balaban J connectivity index is 1.90. The average molecular weight is 290 g/mol. The highest BCUT2D eigenvalue weighted by Crippen LogP contribution is 2.38. The fraction of sp³-hybridized carbons (Fsp3) is 0.400. The molecular formula is C15H18N2O2S. The van der Waals surface area contributed by atoms with Gasteiger partial charge in [-0.1, -0.05) is 0 Å². The average Bonchev–Trinajstić information content (AvgIpc) is 2.83. The van der Waals surface area contributed by atoms with Gasteiger partial charge in [0.15, 0.2) is 16.6 Å². The summed E-state index contributed by atoms with van der Waals surface area (Å²) in [5.41, 5.74) is 3.40. The van der Waals surface area contributed by atoms with Gasteiger partial charge in [0.2, 0.25) is 0 Å². The molecule has 4 nitrogen and oxygen atoms in total. The van der Waals surface area contributed by atoms with Crippen molar-refractivity contribution in [3.8, 4) is 11.5 Å². The second kappa shape index (κ2) is 5.32. The van der Waals surface area contributed by atoms with E-state index in [1.165, 1.54) is 11.1 Å². The first-order valence-electron chi connectivity index (χ1n) is 6.71. The van der Waals surface area contributed by atoms with Crippen molar-refractivity contribution in [2.24, 2.45) is 0 Å². The second-order valence-corrected chi connectivity index (χ2v) is 5.81.